The van der Waals surface area contributed by atoms with Crippen LogP contribution in [0.4, 0.5) is 0 Å². The zero-order valence-electron chi connectivity index (χ0n) is 13.1. The molecule has 0 atom stereocenters. The summed E-state index contributed by atoms with van der Waals surface area (Å²) in [5.74, 6) is 0.0162. The molecule has 0 fully saturated rings. The van der Waals surface area contributed by atoms with Gasteiger partial charge in [-0.2, -0.15) is 0 Å². The average Bonchev–Trinajstić information content (AvgIpc) is 2.35. The molecule has 110 valence electrons. The molecule has 3 nitrogen and oxygen atoms in total. The van der Waals surface area contributed by atoms with Crippen LogP contribution in [0.5, 0.6) is 0 Å². The van der Waals surface area contributed by atoms with Crippen molar-refractivity contribution in [1.29, 1.82) is 0 Å². The van der Waals surface area contributed by atoms with Crippen LogP contribution >= 0.6 is 0 Å². The SMILES string of the molecule is CC(C)(C)NC(=O)CCC(=O)C(C)(C)c1ccccc1. The lowest BCUT2D eigenvalue weighted by Crippen LogP contribution is -2.41. The second-order valence-electron chi connectivity index (χ2n) is 6.71. The van der Waals surface area contributed by atoms with Crippen LogP contribution in [0, 0.1) is 0 Å². The lowest BCUT2D eigenvalue weighted by Gasteiger charge is -2.24. The summed E-state index contributed by atoms with van der Waals surface area (Å²) in [6.07, 6.45) is 0.510. The summed E-state index contributed by atoms with van der Waals surface area (Å²) in [6, 6.07) is 9.69. The first kappa shape index (κ1) is 16.4. The van der Waals surface area contributed by atoms with Gasteiger partial charge in [0.2, 0.25) is 5.91 Å². The van der Waals surface area contributed by atoms with Crippen LogP contribution in [-0.4, -0.2) is 17.2 Å². The summed E-state index contributed by atoms with van der Waals surface area (Å²) in [7, 11) is 0. The molecule has 0 saturated heterocycles. The Balaban J connectivity index is 2.61. The number of carbonyl (C=O) groups is 2. The summed E-state index contributed by atoms with van der Waals surface area (Å²) in [5.41, 5.74) is 0.180. The molecule has 0 unspecified atom stereocenters. The Morgan fingerprint density at radius 2 is 1.50 bits per heavy atom. The molecule has 1 amide bonds. The predicted molar refractivity (Wildman–Crippen MR) is 81.6 cm³/mol. The minimum Gasteiger partial charge on any atom is -0.351 e. The van der Waals surface area contributed by atoms with Crippen LogP contribution in [0.2, 0.25) is 0 Å². The van der Waals surface area contributed by atoms with E-state index < -0.39 is 5.41 Å². The van der Waals surface area contributed by atoms with Gasteiger partial charge in [0.05, 0.1) is 0 Å². The van der Waals surface area contributed by atoms with Gasteiger partial charge >= 0.3 is 0 Å². The molecule has 3 heteroatoms. The first-order chi connectivity index (χ1) is 9.13. The van der Waals surface area contributed by atoms with Gasteiger partial charge in [0, 0.05) is 23.8 Å². The molecule has 0 aliphatic carbocycles. The molecule has 1 rings (SSSR count). The second-order valence-corrected chi connectivity index (χ2v) is 6.71. The first-order valence-corrected chi connectivity index (χ1v) is 7.03. The van der Waals surface area contributed by atoms with Gasteiger partial charge in [-0.15, -0.1) is 0 Å². The van der Waals surface area contributed by atoms with Gasteiger partial charge < -0.3 is 5.32 Å². The van der Waals surface area contributed by atoms with Gasteiger partial charge in [-0.3, -0.25) is 9.59 Å². The third-order valence-electron chi connectivity index (χ3n) is 3.29. The van der Waals surface area contributed by atoms with Gasteiger partial charge in [-0.1, -0.05) is 30.3 Å². The summed E-state index contributed by atoms with van der Waals surface area (Å²) in [6.45, 7) is 9.61. The molecule has 0 radical (unpaired) electrons. The van der Waals surface area contributed by atoms with E-state index in [-0.39, 0.29) is 30.1 Å². The van der Waals surface area contributed by atoms with E-state index in [0.29, 0.717) is 0 Å². The van der Waals surface area contributed by atoms with Gasteiger partial charge in [-0.05, 0) is 40.2 Å². The van der Waals surface area contributed by atoms with Crippen molar-refractivity contribution in [3.8, 4) is 0 Å². The van der Waals surface area contributed by atoms with Crippen molar-refractivity contribution in [2.75, 3.05) is 0 Å². The third kappa shape index (κ3) is 4.80. The number of rotatable bonds is 5. The summed E-state index contributed by atoms with van der Waals surface area (Å²) < 4.78 is 0. The van der Waals surface area contributed by atoms with Crippen molar-refractivity contribution in [1.82, 2.24) is 5.32 Å². The molecule has 0 bridgehead atoms. The molecule has 0 aromatic heterocycles. The van der Waals surface area contributed by atoms with Gasteiger partial charge in [0.1, 0.15) is 5.78 Å². The van der Waals surface area contributed by atoms with Gasteiger partial charge in [0.25, 0.3) is 0 Å². The van der Waals surface area contributed by atoms with E-state index in [1.165, 1.54) is 0 Å². The summed E-state index contributed by atoms with van der Waals surface area (Å²) >= 11 is 0. The number of carbonyl (C=O) groups excluding carboxylic acids is 2. The molecule has 1 aromatic rings. The van der Waals surface area contributed by atoms with Crippen LogP contribution in [-0.2, 0) is 15.0 Å². The Kier molecular flexibility index (Phi) is 5.09. The van der Waals surface area contributed by atoms with Crippen LogP contribution in [0.3, 0.4) is 0 Å². The van der Waals surface area contributed by atoms with Crippen molar-refractivity contribution < 1.29 is 9.59 Å². The molecule has 20 heavy (non-hydrogen) atoms. The van der Waals surface area contributed by atoms with E-state index in [4.69, 9.17) is 0 Å². The topological polar surface area (TPSA) is 46.2 Å². The molecule has 0 saturated carbocycles. The van der Waals surface area contributed by atoms with Crippen molar-refractivity contribution in [2.45, 2.75) is 58.4 Å². The highest BCUT2D eigenvalue weighted by molar-refractivity contribution is 5.92. The maximum Gasteiger partial charge on any atom is 0.220 e. The molecular weight excluding hydrogens is 250 g/mol. The van der Waals surface area contributed by atoms with E-state index in [2.05, 4.69) is 5.32 Å². The zero-order chi connectivity index (χ0) is 15.4. The Morgan fingerprint density at radius 1 is 0.950 bits per heavy atom. The highest BCUT2D eigenvalue weighted by Crippen LogP contribution is 2.25. The fourth-order valence-corrected chi connectivity index (χ4v) is 2.04. The number of ketones is 1. The highest BCUT2D eigenvalue weighted by atomic mass is 16.2. The molecule has 1 aromatic carbocycles. The number of Topliss-reactive ketones (excluding diaryl/α,β-unsaturated/α-hetero) is 1. The lowest BCUT2D eigenvalue weighted by atomic mass is 9.79. The highest BCUT2D eigenvalue weighted by Gasteiger charge is 2.29. The van der Waals surface area contributed by atoms with E-state index in [0.717, 1.165) is 5.56 Å². The average molecular weight is 275 g/mol. The number of hydrogen-bond donors (Lipinski definition) is 1. The van der Waals surface area contributed by atoms with Crippen molar-refractivity contribution >= 4 is 11.7 Å². The fraction of sp³-hybridized carbons (Fsp3) is 0.529. The van der Waals surface area contributed by atoms with E-state index in [1.54, 1.807) is 0 Å². The minimum atomic E-state index is -0.552. The Morgan fingerprint density at radius 3 is 2.00 bits per heavy atom. The molecule has 0 heterocycles. The van der Waals surface area contributed by atoms with Crippen LogP contribution in [0.25, 0.3) is 0 Å². The van der Waals surface area contributed by atoms with E-state index in [1.807, 2.05) is 65.0 Å². The lowest BCUT2D eigenvalue weighted by molar-refractivity contribution is -0.128. The van der Waals surface area contributed by atoms with Crippen molar-refractivity contribution in [3.63, 3.8) is 0 Å². The van der Waals surface area contributed by atoms with Crippen molar-refractivity contribution in [2.24, 2.45) is 0 Å². The minimum absolute atomic E-state index is 0.0743. The van der Waals surface area contributed by atoms with Gasteiger partial charge in [0.15, 0.2) is 0 Å². The monoisotopic (exact) mass is 275 g/mol. The quantitative estimate of drug-likeness (QED) is 0.896. The standard InChI is InChI=1S/C17H25NO2/c1-16(2,3)18-15(20)12-11-14(19)17(4,5)13-9-7-6-8-10-13/h6-10H,11-12H2,1-5H3,(H,18,20). The molecular formula is C17H25NO2. The summed E-state index contributed by atoms with van der Waals surface area (Å²) in [4.78, 5) is 24.1. The smallest absolute Gasteiger partial charge is 0.220 e. The van der Waals surface area contributed by atoms with Gasteiger partial charge in [-0.25, -0.2) is 0 Å². The molecule has 0 spiro atoms. The number of nitrogens with one attached hydrogen (secondary N) is 1. The van der Waals surface area contributed by atoms with E-state index >= 15 is 0 Å². The Hall–Kier alpha value is -1.64. The van der Waals surface area contributed by atoms with Crippen molar-refractivity contribution in [3.05, 3.63) is 35.9 Å². The van der Waals surface area contributed by atoms with Crippen LogP contribution in [0.15, 0.2) is 30.3 Å². The van der Waals surface area contributed by atoms with Crippen LogP contribution < -0.4 is 5.32 Å². The summed E-state index contributed by atoms with van der Waals surface area (Å²) in [5, 5.41) is 2.87. The fourth-order valence-electron chi connectivity index (χ4n) is 2.04. The number of benzene rings is 1. The molecule has 0 aliphatic heterocycles. The Labute approximate surface area is 121 Å². The maximum atomic E-state index is 12.4. The second kappa shape index (κ2) is 6.21. The molecule has 0 aliphatic rings. The molecule has 1 N–H and O–H groups in total. The largest absolute Gasteiger partial charge is 0.351 e. The first-order valence-electron chi connectivity index (χ1n) is 7.03. The Bertz CT molecular complexity index is 470. The number of hydrogen-bond acceptors (Lipinski definition) is 2. The third-order valence-corrected chi connectivity index (χ3v) is 3.29. The zero-order valence-corrected chi connectivity index (χ0v) is 13.1. The van der Waals surface area contributed by atoms with E-state index in [9.17, 15) is 9.59 Å². The predicted octanol–water partition coefficient (Wildman–Crippen LogP) is 3.23. The number of amides is 1. The maximum absolute atomic E-state index is 12.4. The van der Waals surface area contributed by atoms with Crippen LogP contribution in [0.1, 0.15) is 53.0 Å². The normalized spacial score (nSPS) is 12.1.